The minimum Gasteiger partial charge on any atom is -0.493 e. The van der Waals surface area contributed by atoms with Gasteiger partial charge >= 0.3 is 0 Å². The molecule has 1 fully saturated rings. The van der Waals surface area contributed by atoms with E-state index in [1.54, 1.807) is 4.90 Å². The molecule has 0 aromatic heterocycles. The monoisotopic (exact) mass is 334 g/mol. The van der Waals surface area contributed by atoms with Gasteiger partial charge in [0.2, 0.25) is 11.8 Å². The van der Waals surface area contributed by atoms with Crippen LogP contribution >= 0.6 is 0 Å². The van der Waals surface area contributed by atoms with Gasteiger partial charge in [-0.2, -0.15) is 0 Å². The number of likely N-dealkylation sites (tertiary alicyclic amines) is 1. The first kappa shape index (κ1) is 18.3. The zero-order valence-electron chi connectivity index (χ0n) is 14.6. The van der Waals surface area contributed by atoms with E-state index < -0.39 is 11.4 Å². The summed E-state index contributed by atoms with van der Waals surface area (Å²) in [6.45, 7) is 4.87. The molecule has 0 saturated carbocycles. The summed E-state index contributed by atoms with van der Waals surface area (Å²) in [5.74, 6) is 0.172. The number of ether oxygens (including phenoxy) is 2. The SMILES string of the molecule is COCC1(C(N)=O)CCCN1C(=O)CCOc1c(C)cccc1C. The fourth-order valence-electron chi connectivity index (χ4n) is 3.36. The number of aryl methyl sites for hydroxylation is 2. The van der Waals surface area contributed by atoms with Crippen molar-refractivity contribution in [1.82, 2.24) is 4.90 Å². The van der Waals surface area contributed by atoms with Gasteiger partial charge in [0.05, 0.1) is 19.6 Å². The number of para-hydroxylation sites is 1. The van der Waals surface area contributed by atoms with Gasteiger partial charge in [-0.05, 0) is 37.8 Å². The molecule has 2 N–H and O–H groups in total. The molecule has 1 aromatic rings. The number of methoxy groups -OCH3 is 1. The molecule has 0 radical (unpaired) electrons. The number of amides is 2. The second-order valence-corrected chi connectivity index (χ2v) is 6.30. The summed E-state index contributed by atoms with van der Waals surface area (Å²) in [7, 11) is 1.51. The summed E-state index contributed by atoms with van der Waals surface area (Å²) in [4.78, 5) is 26.1. The highest BCUT2D eigenvalue weighted by Gasteiger charge is 2.48. The Balaban J connectivity index is 2.00. The van der Waals surface area contributed by atoms with E-state index in [-0.39, 0.29) is 25.5 Å². The van der Waals surface area contributed by atoms with Gasteiger partial charge < -0.3 is 20.1 Å². The third-order valence-corrected chi connectivity index (χ3v) is 4.60. The van der Waals surface area contributed by atoms with E-state index in [1.807, 2.05) is 32.0 Å². The van der Waals surface area contributed by atoms with Gasteiger partial charge in [0, 0.05) is 13.7 Å². The van der Waals surface area contributed by atoms with Gasteiger partial charge in [-0.3, -0.25) is 9.59 Å². The van der Waals surface area contributed by atoms with E-state index in [9.17, 15) is 9.59 Å². The Kier molecular flexibility index (Phi) is 5.83. The molecule has 2 amide bonds. The zero-order valence-corrected chi connectivity index (χ0v) is 14.6. The minimum absolute atomic E-state index is 0.130. The van der Waals surface area contributed by atoms with Gasteiger partial charge in [-0.15, -0.1) is 0 Å². The first-order valence-corrected chi connectivity index (χ1v) is 8.20. The van der Waals surface area contributed by atoms with Crippen LogP contribution in [-0.4, -0.2) is 49.1 Å². The summed E-state index contributed by atoms with van der Waals surface area (Å²) in [6, 6.07) is 5.92. The molecular weight excluding hydrogens is 308 g/mol. The fourth-order valence-corrected chi connectivity index (χ4v) is 3.36. The van der Waals surface area contributed by atoms with Crippen LogP contribution < -0.4 is 10.5 Å². The second-order valence-electron chi connectivity index (χ2n) is 6.30. The van der Waals surface area contributed by atoms with Crippen LogP contribution in [0.2, 0.25) is 0 Å². The number of hydrogen-bond acceptors (Lipinski definition) is 4. The number of primary amides is 1. The molecule has 1 aliphatic heterocycles. The van der Waals surface area contributed by atoms with Crippen molar-refractivity contribution in [2.24, 2.45) is 5.73 Å². The molecule has 6 heteroatoms. The van der Waals surface area contributed by atoms with Crippen molar-refractivity contribution in [3.05, 3.63) is 29.3 Å². The largest absolute Gasteiger partial charge is 0.493 e. The highest BCUT2D eigenvalue weighted by molar-refractivity contribution is 5.91. The average molecular weight is 334 g/mol. The van der Waals surface area contributed by atoms with Crippen LogP contribution in [0.3, 0.4) is 0 Å². The molecule has 24 heavy (non-hydrogen) atoms. The Morgan fingerprint density at radius 2 is 1.96 bits per heavy atom. The number of hydrogen-bond donors (Lipinski definition) is 1. The summed E-state index contributed by atoms with van der Waals surface area (Å²) < 4.78 is 10.9. The lowest BCUT2D eigenvalue weighted by Crippen LogP contribution is -2.58. The van der Waals surface area contributed by atoms with E-state index in [0.717, 1.165) is 23.3 Å². The van der Waals surface area contributed by atoms with Gasteiger partial charge in [-0.25, -0.2) is 0 Å². The van der Waals surface area contributed by atoms with E-state index in [1.165, 1.54) is 7.11 Å². The number of benzene rings is 1. The van der Waals surface area contributed by atoms with Crippen LogP contribution in [0.15, 0.2) is 18.2 Å². The van der Waals surface area contributed by atoms with Gasteiger partial charge in [-0.1, -0.05) is 18.2 Å². The molecule has 0 spiro atoms. The Hall–Kier alpha value is -2.08. The zero-order chi connectivity index (χ0) is 17.7. The quantitative estimate of drug-likeness (QED) is 0.820. The van der Waals surface area contributed by atoms with Gasteiger partial charge in [0.1, 0.15) is 11.3 Å². The predicted octanol–water partition coefficient (Wildman–Crippen LogP) is 1.57. The lowest BCUT2D eigenvalue weighted by molar-refractivity contribution is -0.147. The summed E-state index contributed by atoms with van der Waals surface area (Å²) in [5, 5.41) is 0. The number of carbonyl (C=O) groups is 2. The minimum atomic E-state index is -1.02. The maximum Gasteiger partial charge on any atom is 0.245 e. The Labute approximate surface area is 142 Å². The van der Waals surface area contributed by atoms with E-state index in [2.05, 4.69) is 0 Å². The lowest BCUT2D eigenvalue weighted by atomic mass is 9.96. The first-order chi connectivity index (χ1) is 11.4. The van der Waals surface area contributed by atoms with E-state index in [4.69, 9.17) is 15.2 Å². The third kappa shape index (κ3) is 3.53. The van der Waals surface area contributed by atoms with Crippen LogP contribution in [0.25, 0.3) is 0 Å². The Morgan fingerprint density at radius 1 is 1.29 bits per heavy atom. The number of nitrogens with two attached hydrogens (primary N) is 1. The number of rotatable bonds is 7. The van der Waals surface area contributed by atoms with Crippen LogP contribution in [0.1, 0.15) is 30.4 Å². The maximum absolute atomic E-state index is 12.6. The molecular formula is C18H26N2O4. The molecule has 1 aliphatic rings. The van der Waals surface area contributed by atoms with Crippen molar-refractivity contribution in [2.75, 3.05) is 26.9 Å². The van der Waals surface area contributed by atoms with Crippen molar-refractivity contribution in [3.63, 3.8) is 0 Å². The van der Waals surface area contributed by atoms with Crippen molar-refractivity contribution in [3.8, 4) is 5.75 Å². The van der Waals surface area contributed by atoms with Crippen LogP contribution in [-0.2, 0) is 14.3 Å². The predicted molar refractivity (Wildman–Crippen MR) is 90.8 cm³/mol. The fraction of sp³-hybridized carbons (Fsp3) is 0.556. The molecule has 1 saturated heterocycles. The van der Waals surface area contributed by atoms with Crippen LogP contribution in [0.5, 0.6) is 5.75 Å². The number of nitrogens with zero attached hydrogens (tertiary/aromatic N) is 1. The molecule has 6 nitrogen and oxygen atoms in total. The highest BCUT2D eigenvalue weighted by atomic mass is 16.5. The smallest absolute Gasteiger partial charge is 0.245 e. The van der Waals surface area contributed by atoms with E-state index in [0.29, 0.717) is 13.0 Å². The van der Waals surface area contributed by atoms with Crippen molar-refractivity contribution in [2.45, 2.75) is 38.6 Å². The molecule has 132 valence electrons. The number of carbonyl (C=O) groups excluding carboxylic acids is 2. The standard InChI is InChI=1S/C18H26N2O4/c1-13-6-4-7-14(2)16(13)24-11-8-15(21)20-10-5-9-18(20,12-23-3)17(19)22/h4,6-7H,5,8-12H2,1-3H3,(H2,19,22). The molecule has 0 bridgehead atoms. The second kappa shape index (κ2) is 7.66. The molecule has 1 heterocycles. The van der Waals surface area contributed by atoms with Gasteiger partial charge in [0.25, 0.3) is 0 Å². The summed E-state index contributed by atoms with van der Waals surface area (Å²) in [6.07, 6.45) is 1.49. The topological polar surface area (TPSA) is 81.9 Å². The highest BCUT2D eigenvalue weighted by Crippen LogP contribution is 2.30. The lowest BCUT2D eigenvalue weighted by Gasteiger charge is -2.35. The molecule has 0 aliphatic carbocycles. The van der Waals surface area contributed by atoms with Crippen LogP contribution in [0.4, 0.5) is 0 Å². The molecule has 2 rings (SSSR count). The normalized spacial score (nSPS) is 20.2. The first-order valence-electron chi connectivity index (χ1n) is 8.20. The molecule has 1 aromatic carbocycles. The summed E-state index contributed by atoms with van der Waals surface area (Å²) >= 11 is 0. The maximum atomic E-state index is 12.6. The molecule has 1 unspecified atom stereocenters. The Morgan fingerprint density at radius 3 is 2.54 bits per heavy atom. The van der Waals surface area contributed by atoms with Crippen LogP contribution in [0, 0.1) is 13.8 Å². The van der Waals surface area contributed by atoms with E-state index >= 15 is 0 Å². The summed E-state index contributed by atoms with van der Waals surface area (Å²) in [5.41, 5.74) is 6.61. The van der Waals surface area contributed by atoms with Crippen molar-refractivity contribution < 1.29 is 19.1 Å². The molecule has 1 atom stereocenters. The third-order valence-electron chi connectivity index (χ3n) is 4.60. The van der Waals surface area contributed by atoms with Crippen molar-refractivity contribution >= 4 is 11.8 Å². The van der Waals surface area contributed by atoms with Crippen molar-refractivity contribution in [1.29, 1.82) is 0 Å². The Bertz CT molecular complexity index is 597. The average Bonchev–Trinajstić information content (AvgIpc) is 2.95. The van der Waals surface area contributed by atoms with Gasteiger partial charge in [0.15, 0.2) is 0 Å².